The fourth-order valence-electron chi connectivity index (χ4n) is 1.37. The highest BCUT2D eigenvalue weighted by Crippen LogP contribution is 2.29. The molecule has 0 bridgehead atoms. The van der Waals surface area contributed by atoms with E-state index in [9.17, 15) is 22.8 Å². The fourth-order valence-corrected chi connectivity index (χ4v) is 1.37. The second kappa shape index (κ2) is 6.13. The second-order valence-electron chi connectivity index (χ2n) is 4.70. The molecular weight excluding hydrogens is 287 g/mol. The molecule has 0 heterocycles. The first-order valence-electron chi connectivity index (χ1n) is 6.04. The van der Waals surface area contributed by atoms with E-state index in [1.165, 1.54) is 31.3 Å². The molecule has 0 aromatic heterocycles. The van der Waals surface area contributed by atoms with Crippen molar-refractivity contribution in [3.8, 4) is 0 Å². The number of nitrogens with two attached hydrogens (primary N) is 1. The Morgan fingerprint density at radius 2 is 1.71 bits per heavy atom. The average molecular weight is 303 g/mol. The lowest BCUT2D eigenvalue weighted by atomic mass is 10.0. The normalized spacial score (nSPS) is 14.2. The number of hydrogen-bond acceptors (Lipinski definition) is 3. The van der Waals surface area contributed by atoms with Gasteiger partial charge in [-0.25, -0.2) is 0 Å². The Hall–Kier alpha value is -2.09. The van der Waals surface area contributed by atoms with Gasteiger partial charge in [-0.2, -0.15) is 13.2 Å². The molecule has 1 unspecified atom stereocenters. The number of carbonyl (C=O) groups excluding carboxylic acids is 2. The number of halogens is 3. The van der Waals surface area contributed by atoms with E-state index >= 15 is 0 Å². The largest absolute Gasteiger partial charge is 0.415 e. The number of carbonyl (C=O) groups is 2. The maximum absolute atomic E-state index is 12.6. The van der Waals surface area contributed by atoms with E-state index in [1.54, 1.807) is 0 Å². The van der Waals surface area contributed by atoms with E-state index < -0.39 is 17.6 Å². The summed E-state index contributed by atoms with van der Waals surface area (Å²) in [5.74, 6) is -1.55. The van der Waals surface area contributed by atoms with Gasteiger partial charge in [0.1, 0.15) is 0 Å². The molecule has 1 aromatic carbocycles. The molecule has 0 fully saturated rings. The van der Waals surface area contributed by atoms with E-state index in [1.807, 2.05) is 0 Å². The summed E-state index contributed by atoms with van der Waals surface area (Å²) in [7, 11) is 1.50. The van der Waals surface area contributed by atoms with Gasteiger partial charge in [-0.15, -0.1) is 0 Å². The van der Waals surface area contributed by atoms with Crippen molar-refractivity contribution in [2.24, 2.45) is 5.73 Å². The highest BCUT2D eigenvalue weighted by molar-refractivity contribution is 5.98. The van der Waals surface area contributed by atoms with E-state index in [2.05, 4.69) is 10.6 Å². The van der Waals surface area contributed by atoms with E-state index in [4.69, 9.17) is 5.73 Å². The number of nitrogens with one attached hydrogen (secondary N) is 2. The van der Waals surface area contributed by atoms with Crippen molar-refractivity contribution < 1.29 is 22.8 Å². The van der Waals surface area contributed by atoms with E-state index in [0.29, 0.717) is 12.5 Å². The highest BCUT2D eigenvalue weighted by Gasteiger charge is 2.53. The van der Waals surface area contributed by atoms with Gasteiger partial charge in [0.25, 0.3) is 5.91 Å². The molecule has 1 atom stereocenters. The van der Waals surface area contributed by atoms with Crippen LogP contribution < -0.4 is 16.4 Å². The van der Waals surface area contributed by atoms with Gasteiger partial charge in [-0.3, -0.25) is 9.59 Å². The van der Waals surface area contributed by atoms with Crippen LogP contribution in [-0.4, -0.2) is 30.6 Å². The molecule has 0 saturated carbocycles. The summed E-state index contributed by atoms with van der Waals surface area (Å²) in [5.41, 5.74) is 2.86. The lowest BCUT2D eigenvalue weighted by Crippen LogP contribution is -2.59. The molecular formula is C13H16F3N3O2. The van der Waals surface area contributed by atoms with Gasteiger partial charge >= 0.3 is 6.18 Å². The number of hydrogen-bond donors (Lipinski definition) is 3. The zero-order valence-electron chi connectivity index (χ0n) is 11.5. The van der Waals surface area contributed by atoms with Gasteiger partial charge in [0.15, 0.2) is 5.54 Å². The number of rotatable bonds is 4. The third-order valence-corrected chi connectivity index (χ3v) is 2.92. The Morgan fingerprint density at radius 1 is 1.19 bits per heavy atom. The summed E-state index contributed by atoms with van der Waals surface area (Å²) < 4.78 is 37.8. The van der Waals surface area contributed by atoms with Crippen LogP contribution in [0.2, 0.25) is 0 Å². The van der Waals surface area contributed by atoms with Crippen LogP contribution in [0.4, 0.5) is 18.9 Å². The van der Waals surface area contributed by atoms with E-state index in [0.717, 1.165) is 0 Å². The van der Waals surface area contributed by atoms with E-state index in [-0.39, 0.29) is 18.0 Å². The Morgan fingerprint density at radius 3 is 2.14 bits per heavy atom. The summed E-state index contributed by atoms with van der Waals surface area (Å²) in [6.07, 6.45) is -4.71. The summed E-state index contributed by atoms with van der Waals surface area (Å²) >= 11 is 0. The minimum atomic E-state index is -4.85. The first-order chi connectivity index (χ1) is 9.57. The van der Waals surface area contributed by atoms with Gasteiger partial charge in [-0.05, 0) is 24.6 Å². The average Bonchev–Trinajstić information content (AvgIpc) is 2.39. The Bertz CT molecular complexity index is 524. The number of alkyl halides is 3. The van der Waals surface area contributed by atoms with Crippen LogP contribution in [0.3, 0.4) is 0 Å². The molecule has 116 valence electrons. The van der Waals surface area contributed by atoms with Crippen molar-refractivity contribution in [3.05, 3.63) is 29.8 Å². The van der Waals surface area contributed by atoms with Crippen molar-refractivity contribution in [2.75, 3.05) is 12.4 Å². The minimum Gasteiger partial charge on any atom is -0.359 e. The summed E-state index contributed by atoms with van der Waals surface area (Å²) in [6.45, 7) is 0.599. The molecule has 8 heteroatoms. The molecule has 0 aliphatic rings. The predicted octanol–water partition coefficient (Wildman–Crippen LogP) is 1.19. The molecule has 0 radical (unpaired) electrons. The molecule has 0 aliphatic carbocycles. The zero-order chi connectivity index (χ0) is 16.3. The summed E-state index contributed by atoms with van der Waals surface area (Å²) in [6, 6.07) is 5.88. The Labute approximate surface area is 119 Å². The lowest BCUT2D eigenvalue weighted by molar-refractivity contribution is -0.184. The smallest absolute Gasteiger partial charge is 0.359 e. The van der Waals surface area contributed by atoms with Crippen LogP contribution >= 0.6 is 0 Å². The third-order valence-electron chi connectivity index (χ3n) is 2.92. The van der Waals surface area contributed by atoms with Crippen LogP contribution in [0.5, 0.6) is 0 Å². The topological polar surface area (TPSA) is 84.2 Å². The van der Waals surface area contributed by atoms with Crippen LogP contribution in [0.25, 0.3) is 0 Å². The van der Waals surface area contributed by atoms with Gasteiger partial charge in [0, 0.05) is 12.7 Å². The van der Waals surface area contributed by atoms with Gasteiger partial charge in [0.2, 0.25) is 5.91 Å². The fraction of sp³-hybridized carbons (Fsp3) is 0.385. The quantitative estimate of drug-likeness (QED) is 0.781. The lowest BCUT2D eigenvalue weighted by Gasteiger charge is -2.26. The molecule has 0 aliphatic heterocycles. The molecule has 2 amide bonds. The number of anilines is 1. The number of amides is 2. The van der Waals surface area contributed by atoms with Crippen molar-refractivity contribution in [3.63, 3.8) is 0 Å². The molecule has 1 rings (SSSR count). The van der Waals surface area contributed by atoms with Crippen molar-refractivity contribution in [1.82, 2.24) is 5.32 Å². The van der Waals surface area contributed by atoms with Gasteiger partial charge in [-0.1, -0.05) is 12.1 Å². The van der Waals surface area contributed by atoms with Crippen molar-refractivity contribution in [1.29, 1.82) is 0 Å². The maximum atomic E-state index is 12.6. The second-order valence-corrected chi connectivity index (χ2v) is 4.70. The van der Waals surface area contributed by atoms with Crippen molar-refractivity contribution >= 4 is 17.5 Å². The maximum Gasteiger partial charge on any atom is 0.415 e. The minimum absolute atomic E-state index is 0.141. The first-order valence-corrected chi connectivity index (χ1v) is 6.04. The Kier molecular flexibility index (Phi) is 4.95. The third kappa shape index (κ3) is 4.19. The number of likely N-dealkylation sites (N-methyl/N-ethyl adjacent to an activating group) is 1. The molecule has 0 saturated heterocycles. The SMILES string of the molecule is CNC(=O)Cc1ccc(NC(=O)C(C)(N)C(F)(F)F)cc1. The summed E-state index contributed by atoms with van der Waals surface area (Å²) in [4.78, 5) is 22.7. The molecule has 21 heavy (non-hydrogen) atoms. The summed E-state index contributed by atoms with van der Waals surface area (Å²) in [5, 5.41) is 4.55. The van der Waals surface area contributed by atoms with Crippen LogP contribution in [0.1, 0.15) is 12.5 Å². The Balaban J connectivity index is 2.76. The standard InChI is InChI=1S/C13H16F3N3O2/c1-12(17,13(14,15)16)11(21)19-9-5-3-8(4-6-9)7-10(20)18-2/h3-6H,7,17H2,1-2H3,(H,18,20)(H,19,21). The van der Waals surface area contributed by atoms with Gasteiger partial charge < -0.3 is 16.4 Å². The molecule has 1 aromatic rings. The molecule has 4 N–H and O–H groups in total. The van der Waals surface area contributed by atoms with Gasteiger partial charge in [0.05, 0.1) is 6.42 Å². The predicted molar refractivity (Wildman–Crippen MR) is 71.5 cm³/mol. The zero-order valence-corrected chi connectivity index (χ0v) is 11.5. The molecule has 0 spiro atoms. The highest BCUT2D eigenvalue weighted by atomic mass is 19.4. The molecule has 5 nitrogen and oxygen atoms in total. The van der Waals surface area contributed by atoms with Crippen molar-refractivity contribution in [2.45, 2.75) is 25.1 Å². The first kappa shape index (κ1) is 17.0. The van der Waals surface area contributed by atoms with Crippen LogP contribution in [0.15, 0.2) is 24.3 Å². The monoisotopic (exact) mass is 303 g/mol. The number of benzene rings is 1. The van der Waals surface area contributed by atoms with Crippen LogP contribution in [0, 0.1) is 0 Å². The van der Waals surface area contributed by atoms with Crippen LogP contribution in [-0.2, 0) is 16.0 Å².